The van der Waals surface area contributed by atoms with Crippen LogP contribution in [0.15, 0.2) is 4.42 Å². The third kappa shape index (κ3) is 4.25. The van der Waals surface area contributed by atoms with E-state index in [1.54, 1.807) is 6.92 Å². The van der Waals surface area contributed by atoms with Gasteiger partial charge >= 0.3 is 12.0 Å². The average Bonchev–Trinajstić information content (AvgIpc) is 2.71. The predicted octanol–water partition coefficient (Wildman–Crippen LogP) is 1.69. The van der Waals surface area contributed by atoms with E-state index in [-0.39, 0.29) is 19.1 Å². The third-order valence-electron chi connectivity index (χ3n) is 3.15. The monoisotopic (exact) mass is 283 g/mol. The van der Waals surface area contributed by atoms with Crippen LogP contribution in [0.25, 0.3) is 0 Å². The molecule has 112 valence electrons. The highest BCUT2D eigenvalue weighted by atomic mass is 16.4. The molecule has 2 amide bonds. The molecule has 1 rings (SSSR count). The van der Waals surface area contributed by atoms with E-state index in [1.165, 1.54) is 4.90 Å². The van der Waals surface area contributed by atoms with Crippen LogP contribution in [0.2, 0.25) is 0 Å². The maximum absolute atomic E-state index is 12.0. The first-order valence-electron chi connectivity index (χ1n) is 6.54. The van der Waals surface area contributed by atoms with Crippen molar-refractivity contribution in [2.75, 3.05) is 6.54 Å². The van der Waals surface area contributed by atoms with Crippen molar-refractivity contribution in [3.63, 3.8) is 0 Å². The molecule has 7 nitrogen and oxygen atoms in total. The fourth-order valence-corrected chi connectivity index (χ4v) is 1.66. The Labute approximate surface area is 118 Å². The standard InChI is InChI=1S/C13H21N3O4/c1-5-8(2)16(7-12(17)18)13(19)14-6-11-15-9(3)10(4)20-11/h8H,5-7H2,1-4H3,(H,14,19)(H,17,18). The van der Waals surface area contributed by atoms with Gasteiger partial charge in [-0.2, -0.15) is 0 Å². The molecule has 0 saturated carbocycles. The summed E-state index contributed by atoms with van der Waals surface area (Å²) in [5, 5.41) is 11.5. The largest absolute Gasteiger partial charge is 0.480 e. The van der Waals surface area contributed by atoms with Crippen LogP contribution >= 0.6 is 0 Å². The van der Waals surface area contributed by atoms with E-state index in [0.29, 0.717) is 18.1 Å². The van der Waals surface area contributed by atoms with Gasteiger partial charge in [0.25, 0.3) is 0 Å². The van der Waals surface area contributed by atoms with Crippen LogP contribution in [0.3, 0.4) is 0 Å². The Morgan fingerprint density at radius 3 is 2.55 bits per heavy atom. The highest BCUT2D eigenvalue weighted by molar-refractivity contribution is 5.80. The average molecular weight is 283 g/mol. The molecular formula is C13H21N3O4. The smallest absolute Gasteiger partial charge is 0.323 e. The second kappa shape index (κ2) is 6.93. The van der Waals surface area contributed by atoms with E-state index < -0.39 is 12.0 Å². The van der Waals surface area contributed by atoms with Crippen molar-refractivity contribution in [3.05, 3.63) is 17.3 Å². The summed E-state index contributed by atoms with van der Waals surface area (Å²) in [6.45, 7) is 7.13. The van der Waals surface area contributed by atoms with Crippen LogP contribution in [0.4, 0.5) is 4.79 Å². The molecular weight excluding hydrogens is 262 g/mol. The van der Waals surface area contributed by atoms with Gasteiger partial charge in [0, 0.05) is 6.04 Å². The molecule has 2 N–H and O–H groups in total. The Balaban J connectivity index is 2.63. The minimum absolute atomic E-state index is 0.139. The fraction of sp³-hybridized carbons (Fsp3) is 0.615. The molecule has 0 radical (unpaired) electrons. The van der Waals surface area contributed by atoms with E-state index in [2.05, 4.69) is 10.3 Å². The van der Waals surface area contributed by atoms with Gasteiger partial charge in [-0.3, -0.25) is 4.79 Å². The SMILES string of the molecule is CCC(C)N(CC(=O)O)C(=O)NCc1nc(C)c(C)o1. The lowest BCUT2D eigenvalue weighted by atomic mass is 10.2. The second-order valence-electron chi connectivity index (χ2n) is 4.69. The topological polar surface area (TPSA) is 95.7 Å². The summed E-state index contributed by atoms with van der Waals surface area (Å²) in [5.74, 6) is 0.0783. The maximum atomic E-state index is 12.0. The summed E-state index contributed by atoms with van der Waals surface area (Å²) in [7, 11) is 0. The summed E-state index contributed by atoms with van der Waals surface area (Å²) in [4.78, 5) is 28.3. The number of rotatable bonds is 6. The molecule has 0 saturated heterocycles. The highest BCUT2D eigenvalue weighted by Crippen LogP contribution is 2.09. The number of urea groups is 1. The number of hydrogen-bond acceptors (Lipinski definition) is 4. The third-order valence-corrected chi connectivity index (χ3v) is 3.15. The molecule has 0 aliphatic rings. The van der Waals surface area contributed by atoms with Crippen molar-refractivity contribution in [1.29, 1.82) is 0 Å². The molecule has 1 aromatic heterocycles. The van der Waals surface area contributed by atoms with Crippen LogP contribution < -0.4 is 5.32 Å². The summed E-state index contributed by atoms with van der Waals surface area (Å²) in [6.07, 6.45) is 0.678. The fourth-order valence-electron chi connectivity index (χ4n) is 1.66. The van der Waals surface area contributed by atoms with Crippen LogP contribution in [0.1, 0.15) is 37.6 Å². The van der Waals surface area contributed by atoms with Gasteiger partial charge in [0.05, 0.1) is 12.2 Å². The lowest BCUT2D eigenvalue weighted by Gasteiger charge is -2.26. The lowest BCUT2D eigenvalue weighted by Crippen LogP contribution is -2.47. The summed E-state index contributed by atoms with van der Waals surface area (Å²) in [6, 6.07) is -0.589. The van der Waals surface area contributed by atoms with Crippen molar-refractivity contribution in [1.82, 2.24) is 15.2 Å². The van der Waals surface area contributed by atoms with Gasteiger partial charge in [-0.05, 0) is 27.2 Å². The first kappa shape index (κ1) is 16.0. The van der Waals surface area contributed by atoms with Crippen molar-refractivity contribution >= 4 is 12.0 Å². The molecule has 0 bridgehead atoms. The zero-order chi connectivity index (χ0) is 15.3. The zero-order valence-corrected chi connectivity index (χ0v) is 12.3. The Kier molecular flexibility index (Phi) is 5.54. The molecule has 1 heterocycles. The molecule has 1 atom stereocenters. The van der Waals surface area contributed by atoms with Gasteiger partial charge in [0.2, 0.25) is 5.89 Å². The van der Waals surface area contributed by atoms with Crippen LogP contribution in [0, 0.1) is 13.8 Å². The number of oxazole rings is 1. The van der Waals surface area contributed by atoms with Crippen LogP contribution in [-0.4, -0.2) is 39.6 Å². The molecule has 0 aliphatic heterocycles. The normalized spacial score (nSPS) is 12.0. The molecule has 1 aromatic rings. The molecule has 7 heteroatoms. The number of carbonyl (C=O) groups excluding carboxylic acids is 1. The van der Waals surface area contributed by atoms with Crippen LogP contribution in [0.5, 0.6) is 0 Å². The number of nitrogens with zero attached hydrogens (tertiary/aromatic N) is 2. The zero-order valence-electron chi connectivity index (χ0n) is 12.3. The van der Waals surface area contributed by atoms with Gasteiger partial charge in [0.15, 0.2) is 0 Å². The Morgan fingerprint density at radius 1 is 1.45 bits per heavy atom. The molecule has 0 fully saturated rings. The van der Waals surface area contributed by atoms with E-state index in [1.807, 2.05) is 20.8 Å². The summed E-state index contributed by atoms with van der Waals surface area (Å²) < 4.78 is 5.35. The van der Waals surface area contributed by atoms with E-state index in [4.69, 9.17) is 9.52 Å². The molecule has 0 spiro atoms. The maximum Gasteiger partial charge on any atom is 0.323 e. The van der Waals surface area contributed by atoms with E-state index >= 15 is 0 Å². The van der Waals surface area contributed by atoms with Crippen LogP contribution in [-0.2, 0) is 11.3 Å². The Hall–Kier alpha value is -2.05. The van der Waals surface area contributed by atoms with Gasteiger partial charge in [-0.15, -0.1) is 0 Å². The number of carbonyl (C=O) groups is 2. The number of hydrogen-bond donors (Lipinski definition) is 2. The van der Waals surface area contributed by atoms with E-state index in [0.717, 1.165) is 5.69 Å². The minimum Gasteiger partial charge on any atom is -0.480 e. The number of aliphatic carboxylic acids is 1. The van der Waals surface area contributed by atoms with Crippen molar-refractivity contribution in [3.8, 4) is 0 Å². The minimum atomic E-state index is -1.04. The van der Waals surface area contributed by atoms with Gasteiger partial charge in [-0.25, -0.2) is 9.78 Å². The summed E-state index contributed by atoms with van der Waals surface area (Å²) in [5.41, 5.74) is 0.776. The Bertz CT molecular complexity index is 464. The van der Waals surface area contributed by atoms with Crippen molar-refractivity contribution in [2.45, 2.75) is 46.7 Å². The van der Waals surface area contributed by atoms with Gasteiger partial charge in [0.1, 0.15) is 12.3 Å². The Morgan fingerprint density at radius 2 is 2.10 bits per heavy atom. The first-order chi connectivity index (χ1) is 9.35. The van der Waals surface area contributed by atoms with Crippen molar-refractivity contribution in [2.24, 2.45) is 0 Å². The number of aromatic nitrogens is 1. The first-order valence-corrected chi connectivity index (χ1v) is 6.54. The lowest BCUT2D eigenvalue weighted by molar-refractivity contribution is -0.138. The second-order valence-corrected chi connectivity index (χ2v) is 4.69. The number of aryl methyl sites for hydroxylation is 2. The van der Waals surface area contributed by atoms with Gasteiger partial charge < -0.3 is 19.7 Å². The molecule has 0 aliphatic carbocycles. The molecule has 20 heavy (non-hydrogen) atoms. The number of carboxylic acids is 1. The van der Waals surface area contributed by atoms with Crippen molar-refractivity contribution < 1.29 is 19.1 Å². The molecule has 0 aromatic carbocycles. The number of amides is 2. The number of nitrogens with one attached hydrogen (secondary N) is 1. The number of carboxylic acid groups (broad SMARTS) is 1. The summed E-state index contributed by atoms with van der Waals surface area (Å²) >= 11 is 0. The molecule has 1 unspecified atom stereocenters. The van der Waals surface area contributed by atoms with E-state index in [9.17, 15) is 9.59 Å². The highest BCUT2D eigenvalue weighted by Gasteiger charge is 2.21. The van der Waals surface area contributed by atoms with Gasteiger partial charge in [-0.1, -0.05) is 6.92 Å². The predicted molar refractivity (Wildman–Crippen MR) is 72.3 cm³/mol. The quantitative estimate of drug-likeness (QED) is 0.828.